The maximum Gasteiger partial charge on any atom is 0.142 e. The summed E-state index contributed by atoms with van der Waals surface area (Å²) in [5, 5.41) is 0. The van der Waals surface area contributed by atoms with Crippen LogP contribution >= 0.6 is 0 Å². The fourth-order valence-electron chi connectivity index (χ4n) is 4.30. The van der Waals surface area contributed by atoms with Gasteiger partial charge < -0.3 is 25.9 Å². The van der Waals surface area contributed by atoms with Gasteiger partial charge in [-0.2, -0.15) is 0 Å². The van der Waals surface area contributed by atoms with E-state index in [2.05, 4.69) is 29.2 Å². The van der Waals surface area contributed by atoms with Crippen molar-refractivity contribution in [2.45, 2.75) is 0 Å². The normalized spacial score (nSPS) is 10.8. The first-order valence-corrected chi connectivity index (χ1v) is 12.5. The maximum atomic E-state index is 6.36. The van der Waals surface area contributed by atoms with Gasteiger partial charge in [-0.1, -0.05) is 60.7 Å². The number of hydrogen-bond donors (Lipinski definition) is 3. The molecule has 6 heteroatoms. The topological polar surface area (TPSA) is 99.2 Å². The molecule has 0 aliphatic heterocycles. The number of nitrogens with one attached hydrogen (secondary N) is 1. The second kappa shape index (κ2) is 10.5. The van der Waals surface area contributed by atoms with Gasteiger partial charge in [0.2, 0.25) is 0 Å². The quantitative estimate of drug-likeness (QED) is 0.188. The van der Waals surface area contributed by atoms with E-state index < -0.39 is 0 Å². The predicted molar refractivity (Wildman–Crippen MR) is 157 cm³/mol. The molecule has 6 nitrogen and oxygen atoms in total. The lowest BCUT2D eigenvalue weighted by atomic mass is 10.1. The van der Waals surface area contributed by atoms with E-state index in [9.17, 15) is 0 Å². The van der Waals surface area contributed by atoms with Crippen LogP contribution in [0.5, 0.6) is 23.0 Å². The first-order valence-electron chi connectivity index (χ1n) is 12.5. The molecule has 0 unspecified atom stereocenters. The average Bonchev–Trinajstić information content (AvgIpc) is 3.42. The Morgan fingerprint density at radius 3 is 1.69 bits per heavy atom. The highest BCUT2D eigenvalue weighted by molar-refractivity contribution is 5.82. The minimum Gasteiger partial charge on any atom is -0.457 e. The van der Waals surface area contributed by atoms with E-state index in [1.807, 2.05) is 78.9 Å². The first-order chi connectivity index (χ1) is 19.1. The van der Waals surface area contributed by atoms with Gasteiger partial charge in [-0.05, 0) is 60.7 Å². The third-order valence-corrected chi connectivity index (χ3v) is 6.25. The van der Waals surface area contributed by atoms with Crippen molar-refractivity contribution < 1.29 is 9.47 Å². The summed E-state index contributed by atoms with van der Waals surface area (Å²) >= 11 is 0. The molecule has 1 aromatic heterocycles. The van der Waals surface area contributed by atoms with Crippen molar-refractivity contribution >= 4 is 11.4 Å². The highest BCUT2D eigenvalue weighted by Gasteiger charge is 2.19. The number of H-pyrrole nitrogens is 1. The second-order valence-electron chi connectivity index (χ2n) is 9.04. The van der Waals surface area contributed by atoms with E-state index in [1.54, 1.807) is 24.3 Å². The number of nitrogens with zero attached hydrogens (tertiary/aromatic N) is 1. The Balaban J connectivity index is 1.46. The molecule has 0 saturated heterocycles. The standard InChI is InChI=1S/C33H26N4O2/c34-24-11-15-26(16-12-24)38-28-19-20-29(30(21-28)39-27-17-13-25(35)14-18-27)33-36-31(22-7-3-1-4-8-22)32(37-33)23-9-5-2-6-10-23/h1-21H,34-35H2,(H,36,37). The van der Waals surface area contributed by atoms with Crippen molar-refractivity contribution in [3.05, 3.63) is 127 Å². The number of aromatic amines is 1. The smallest absolute Gasteiger partial charge is 0.142 e. The summed E-state index contributed by atoms with van der Waals surface area (Å²) in [5.74, 6) is 3.20. The Morgan fingerprint density at radius 1 is 0.538 bits per heavy atom. The summed E-state index contributed by atoms with van der Waals surface area (Å²) < 4.78 is 12.5. The van der Waals surface area contributed by atoms with Crippen LogP contribution in [-0.4, -0.2) is 9.97 Å². The Kier molecular flexibility index (Phi) is 6.41. The minimum absolute atomic E-state index is 0.584. The molecular formula is C33H26N4O2. The molecule has 190 valence electrons. The van der Waals surface area contributed by atoms with Crippen molar-refractivity contribution in [1.29, 1.82) is 0 Å². The second-order valence-corrected chi connectivity index (χ2v) is 9.04. The van der Waals surface area contributed by atoms with Crippen LogP contribution in [0, 0.1) is 0 Å². The van der Waals surface area contributed by atoms with E-state index >= 15 is 0 Å². The van der Waals surface area contributed by atoms with Gasteiger partial charge in [-0.15, -0.1) is 0 Å². The number of imidazole rings is 1. The number of rotatable bonds is 7. The molecule has 0 atom stereocenters. The zero-order valence-electron chi connectivity index (χ0n) is 21.0. The van der Waals surface area contributed by atoms with E-state index in [0.29, 0.717) is 40.2 Å². The number of hydrogen-bond acceptors (Lipinski definition) is 5. The van der Waals surface area contributed by atoms with Gasteiger partial charge in [-0.3, -0.25) is 0 Å². The van der Waals surface area contributed by atoms with Crippen LogP contribution in [0.25, 0.3) is 33.9 Å². The van der Waals surface area contributed by atoms with E-state index in [1.165, 1.54) is 0 Å². The molecule has 5 aromatic carbocycles. The molecule has 1 heterocycles. The average molecular weight is 511 g/mol. The Hall–Kier alpha value is -5.49. The summed E-state index contributed by atoms with van der Waals surface area (Å²) in [6.45, 7) is 0. The third-order valence-electron chi connectivity index (χ3n) is 6.25. The zero-order chi connectivity index (χ0) is 26.6. The van der Waals surface area contributed by atoms with Crippen molar-refractivity contribution in [2.24, 2.45) is 0 Å². The Labute approximate surface area is 226 Å². The number of ether oxygens (including phenoxy) is 2. The predicted octanol–water partition coefficient (Wildman–Crippen LogP) is 8.16. The summed E-state index contributed by atoms with van der Waals surface area (Å²) in [5.41, 5.74) is 17.7. The molecule has 6 rings (SSSR count). The zero-order valence-corrected chi connectivity index (χ0v) is 21.0. The molecule has 5 N–H and O–H groups in total. The fourth-order valence-corrected chi connectivity index (χ4v) is 4.30. The van der Waals surface area contributed by atoms with Crippen LogP contribution in [0.2, 0.25) is 0 Å². The van der Waals surface area contributed by atoms with Crippen LogP contribution in [0.1, 0.15) is 0 Å². The molecule has 0 spiro atoms. The molecule has 0 amide bonds. The van der Waals surface area contributed by atoms with Crippen molar-refractivity contribution in [3.8, 4) is 56.9 Å². The third kappa shape index (κ3) is 5.31. The SMILES string of the molecule is Nc1ccc(Oc2ccc(-c3nc(-c4ccccc4)c(-c4ccccc4)[nH]3)c(Oc3ccc(N)cc3)c2)cc1. The van der Waals surface area contributed by atoms with Gasteiger partial charge in [0.25, 0.3) is 0 Å². The van der Waals surface area contributed by atoms with Crippen molar-refractivity contribution in [3.63, 3.8) is 0 Å². The highest BCUT2D eigenvalue weighted by Crippen LogP contribution is 2.40. The van der Waals surface area contributed by atoms with Gasteiger partial charge >= 0.3 is 0 Å². The van der Waals surface area contributed by atoms with E-state index in [0.717, 1.165) is 28.1 Å². The highest BCUT2D eigenvalue weighted by atomic mass is 16.5. The monoisotopic (exact) mass is 510 g/mol. The fraction of sp³-hybridized carbons (Fsp3) is 0. The first kappa shape index (κ1) is 23.9. The lowest BCUT2D eigenvalue weighted by Crippen LogP contribution is -1.93. The Bertz CT molecular complexity index is 1640. The molecule has 0 saturated carbocycles. The van der Waals surface area contributed by atoms with Gasteiger partial charge in [-0.25, -0.2) is 4.98 Å². The van der Waals surface area contributed by atoms with Gasteiger partial charge in [0, 0.05) is 28.6 Å². The van der Waals surface area contributed by atoms with E-state index in [-0.39, 0.29) is 0 Å². The number of nitrogens with two attached hydrogens (primary N) is 2. The number of benzene rings is 5. The van der Waals surface area contributed by atoms with E-state index in [4.69, 9.17) is 25.9 Å². The van der Waals surface area contributed by atoms with Crippen LogP contribution < -0.4 is 20.9 Å². The molecular weight excluding hydrogens is 484 g/mol. The molecule has 0 radical (unpaired) electrons. The number of nitrogen functional groups attached to an aromatic ring is 2. The van der Waals surface area contributed by atoms with Crippen molar-refractivity contribution in [1.82, 2.24) is 9.97 Å². The molecule has 0 fully saturated rings. The molecule has 6 aromatic rings. The largest absolute Gasteiger partial charge is 0.457 e. The molecule has 0 aliphatic carbocycles. The summed E-state index contributed by atoms with van der Waals surface area (Å²) in [6.07, 6.45) is 0. The lowest BCUT2D eigenvalue weighted by Gasteiger charge is -2.13. The van der Waals surface area contributed by atoms with Crippen molar-refractivity contribution in [2.75, 3.05) is 11.5 Å². The number of anilines is 2. The van der Waals surface area contributed by atoms with Crippen LogP contribution in [0.3, 0.4) is 0 Å². The summed E-state index contributed by atoms with van der Waals surface area (Å²) in [6, 6.07) is 40.5. The van der Waals surface area contributed by atoms with Crippen LogP contribution in [-0.2, 0) is 0 Å². The molecule has 39 heavy (non-hydrogen) atoms. The molecule has 0 aliphatic rings. The minimum atomic E-state index is 0.584. The van der Waals surface area contributed by atoms with Crippen LogP contribution in [0.15, 0.2) is 127 Å². The van der Waals surface area contributed by atoms with Gasteiger partial charge in [0.1, 0.15) is 28.8 Å². The Morgan fingerprint density at radius 2 is 1.08 bits per heavy atom. The van der Waals surface area contributed by atoms with Gasteiger partial charge in [0.15, 0.2) is 0 Å². The van der Waals surface area contributed by atoms with Crippen LogP contribution in [0.4, 0.5) is 11.4 Å². The maximum absolute atomic E-state index is 6.36. The lowest BCUT2D eigenvalue weighted by molar-refractivity contribution is 0.461. The summed E-state index contributed by atoms with van der Waals surface area (Å²) in [7, 11) is 0. The van der Waals surface area contributed by atoms with Gasteiger partial charge in [0.05, 0.1) is 17.0 Å². The molecule has 0 bridgehead atoms. The number of aromatic nitrogens is 2. The summed E-state index contributed by atoms with van der Waals surface area (Å²) in [4.78, 5) is 8.61.